The molecular formula is C26H32N4O5S2. The fourth-order valence-electron chi connectivity index (χ4n) is 4.30. The van der Waals surface area contributed by atoms with Crippen molar-refractivity contribution in [2.45, 2.75) is 36.7 Å². The minimum absolute atomic E-state index is 0.0250. The standard InChI is InChI=1S/C26H32N4O5S2/c1-18-14-30(19(2)17-31)26(32)22-13-21(28-37(33,34)25-5-4-12-36-25)6-7-23(22)35-24(18)16-29(3)15-20-8-10-27-11-9-20/h4-13,18-19,24,28,31H,14-17H2,1-3H3/t18-,19-,24-/m0/s1. The average molecular weight is 545 g/mol. The number of fused-ring (bicyclic) bond motifs is 1. The SMILES string of the molecule is C[C@H]1CN([C@@H](C)CO)C(=O)c2cc(NS(=O)(=O)c3cccs3)ccc2O[C@H]1CN(C)Cc1ccncc1. The van der Waals surface area contributed by atoms with Crippen molar-refractivity contribution < 1.29 is 23.1 Å². The third kappa shape index (κ3) is 6.48. The molecule has 1 aromatic carbocycles. The number of sulfonamides is 1. The van der Waals surface area contributed by atoms with Crippen molar-refractivity contribution in [3.8, 4) is 5.75 Å². The van der Waals surface area contributed by atoms with Crippen LogP contribution in [-0.4, -0.2) is 73.1 Å². The van der Waals surface area contributed by atoms with Crippen LogP contribution in [0.5, 0.6) is 5.75 Å². The third-order valence-electron chi connectivity index (χ3n) is 6.37. The highest BCUT2D eigenvalue weighted by atomic mass is 32.2. The Morgan fingerprint density at radius 3 is 2.70 bits per heavy atom. The van der Waals surface area contributed by atoms with Crippen molar-refractivity contribution in [1.29, 1.82) is 0 Å². The van der Waals surface area contributed by atoms with Gasteiger partial charge in [0.25, 0.3) is 15.9 Å². The molecule has 3 aromatic rings. The van der Waals surface area contributed by atoms with Gasteiger partial charge in [0.2, 0.25) is 0 Å². The van der Waals surface area contributed by atoms with Crippen molar-refractivity contribution in [1.82, 2.24) is 14.8 Å². The molecule has 3 atom stereocenters. The van der Waals surface area contributed by atoms with E-state index in [1.165, 1.54) is 12.1 Å². The second kappa shape index (κ2) is 11.6. The van der Waals surface area contributed by atoms with Crippen LogP contribution in [0.4, 0.5) is 5.69 Å². The summed E-state index contributed by atoms with van der Waals surface area (Å²) < 4.78 is 34.7. The number of pyridine rings is 1. The van der Waals surface area contributed by atoms with Gasteiger partial charge in [0.1, 0.15) is 16.1 Å². The largest absolute Gasteiger partial charge is 0.488 e. The molecule has 4 rings (SSSR count). The molecule has 2 aromatic heterocycles. The van der Waals surface area contributed by atoms with E-state index in [9.17, 15) is 18.3 Å². The Morgan fingerprint density at radius 2 is 2.03 bits per heavy atom. The molecule has 1 aliphatic heterocycles. The van der Waals surface area contributed by atoms with Gasteiger partial charge in [-0.1, -0.05) is 13.0 Å². The number of amides is 1. The lowest BCUT2D eigenvalue weighted by Gasteiger charge is -2.38. The van der Waals surface area contributed by atoms with Crippen molar-refractivity contribution in [3.05, 3.63) is 71.4 Å². The summed E-state index contributed by atoms with van der Waals surface area (Å²) in [5.41, 5.74) is 1.64. The van der Waals surface area contributed by atoms with E-state index in [2.05, 4.69) is 14.6 Å². The van der Waals surface area contributed by atoms with Gasteiger partial charge in [0.05, 0.1) is 18.2 Å². The fourth-order valence-corrected chi connectivity index (χ4v) is 6.34. The number of thiophene rings is 1. The number of benzene rings is 1. The van der Waals surface area contributed by atoms with E-state index in [-0.39, 0.29) is 40.0 Å². The number of ether oxygens (including phenoxy) is 1. The molecule has 1 aliphatic rings. The number of aliphatic hydroxyl groups is 1. The number of carbonyl (C=O) groups is 1. The van der Waals surface area contributed by atoms with Gasteiger partial charge in [-0.05, 0) is 61.3 Å². The summed E-state index contributed by atoms with van der Waals surface area (Å²) in [5.74, 6) is 0.0419. The molecular weight excluding hydrogens is 512 g/mol. The summed E-state index contributed by atoms with van der Waals surface area (Å²) in [6.45, 7) is 5.34. The smallest absolute Gasteiger partial charge is 0.271 e. The number of aromatic nitrogens is 1. The number of rotatable bonds is 9. The molecule has 0 fully saturated rings. The predicted octanol–water partition coefficient (Wildman–Crippen LogP) is 3.30. The summed E-state index contributed by atoms with van der Waals surface area (Å²) in [6.07, 6.45) is 3.28. The van der Waals surface area contributed by atoms with Gasteiger partial charge in [0.15, 0.2) is 0 Å². The molecule has 2 N–H and O–H groups in total. The molecule has 0 saturated heterocycles. The average Bonchev–Trinajstić information content (AvgIpc) is 3.43. The first-order valence-electron chi connectivity index (χ1n) is 12.0. The Morgan fingerprint density at radius 1 is 1.27 bits per heavy atom. The molecule has 1 amide bonds. The maximum Gasteiger partial charge on any atom is 0.271 e. The first-order chi connectivity index (χ1) is 17.7. The van der Waals surface area contributed by atoms with Crippen molar-refractivity contribution in [3.63, 3.8) is 0 Å². The van der Waals surface area contributed by atoms with Crippen LogP contribution in [0.1, 0.15) is 29.8 Å². The van der Waals surface area contributed by atoms with E-state index < -0.39 is 16.1 Å². The van der Waals surface area contributed by atoms with Crippen LogP contribution < -0.4 is 9.46 Å². The quantitative estimate of drug-likeness (QED) is 0.425. The highest BCUT2D eigenvalue weighted by Crippen LogP contribution is 2.32. The second-order valence-corrected chi connectivity index (χ2v) is 12.3. The number of likely N-dealkylation sites (N-methyl/N-ethyl adjacent to an activating group) is 1. The summed E-state index contributed by atoms with van der Waals surface area (Å²) in [7, 11) is -1.77. The van der Waals surface area contributed by atoms with Gasteiger partial charge in [-0.15, -0.1) is 11.3 Å². The van der Waals surface area contributed by atoms with Gasteiger partial charge in [-0.25, -0.2) is 8.42 Å². The number of anilines is 1. The first-order valence-corrected chi connectivity index (χ1v) is 14.4. The molecule has 11 heteroatoms. The van der Waals surface area contributed by atoms with E-state index in [1.54, 1.807) is 47.8 Å². The number of hydrogen-bond donors (Lipinski definition) is 2. The number of carbonyl (C=O) groups excluding carboxylic acids is 1. The number of aliphatic hydroxyl groups excluding tert-OH is 1. The topological polar surface area (TPSA) is 112 Å². The van der Waals surface area contributed by atoms with Crippen LogP contribution in [-0.2, 0) is 16.6 Å². The molecule has 0 saturated carbocycles. The predicted molar refractivity (Wildman–Crippen MR) is 143 cm³/mol. The molecule has 3 heterocycles. The van der Waals surface area contributed by atoms with Crippen LogP contribution in [0.2, 0.25) is 0 Å². The molecule has 9 nitrogen and oxygen atoms in total. The molecule has 37 heavy (non-hydrogen) atoms. The number of nitrogens with one attached hydrogen (secondary N) is 1. The van der Waals surface area contributed by atoms with Crippen LogP contribution in [0, 0.1) is 5.92 Å². The van der Waals surface area contributed by atoms with E-state index in [1.807, 2.05) is 26.1 Å². The molecule has 0 spiro atoms. The monoisotopic (exact) mass is 544 g/mol. The van der Waals surface area contributed by atoms with Gasteiger partial charge >= 0.3 is 0 Å². The highest BCUT2D eigenvalue weighted by Gasteiger charge is 2.33. The molecule has 0 aliphatic carbocycles. The lowest BCUT2D eigenvalue weighted by Crippen LogP contribution is -2.49. The zero-order chi connectivity index (χ0) is 26.6. The molecule has 0 unspecified atom stereocenters. The summed E-state index contributed by atoms with van der Waals surface area (Å²) in [6, 6.07) is 11.4. The van der Waals surface area contributed by atoms with E-state index >= 15 is 0 Å². The Balaban J connectivity index is 1.63. The number of nitrogens with zero attached hydrogens (tertiary/aromatic N) is 3. The minimum atomic E-state index is -3.78. The minimum Gasteiger partial charge on any atom is -0.488 e. The highest BCUT2D eigenvalue weighted by molar-refractivity contribution is 7.94. The molecule has 0 radical (unpaired) electrons. The lowest BCUT2D eigenvalue weighted by atomic mass is 9.99. The molecule has 0 bridgehead atoms. The summed E-state index contributed by atoms with van der Waals surface area (Å²) in [5, 5.41) is 11.5. The van der Waals surface area contributed by atoms with Gasteiger partial charge in [0, 0.05) is 43.6 Å². The summed E-state index contributed by atoms with van der Waals surface area (Å²) >= 11 is 1.11. The maximum absolute atomic E-state index is 13.6. The van der Waals surface area contributed by atoms with Crippen LogP contribution in [0.25, 0.3) is 0 Å². The van der Waals surface area contributed by atoms with E-state index in [4.69, 9.17) is 4.74 Å². The van der Waals surface area contributed by atoms with Gasteiger partial charge in [-0.3, -0.25) is 19.4 Å². The first kappa shape index (κ1) is 27.1. The Hall–Kier alpha value is -2.99. The second-order valence-electron chi connectivity index (χ2n) is 9.42. The van der Waals surface area contributed by atoms with Crippen LogP contribution >= 0.6 is 11.3 Å². The van der Waals surface area contributed by atoms with Gasteiger partial charge in [-0.2, -0.15) is 0 Å². The number of hydrogen-bond acceptors (Lipinski definition) is 8. The third-order valence-corrected chi connectivity index (χ3v) is 9.15. The lowest BCUT2D eigenvalue weighted by molar-refractivity contribution is 0.0341. The Labute approximate surface area is 221 Å². The zero-order valence-electron chi connectivity index (χ0n) is 21.1. The van der Waals surface area contributed by atoms with Crippen molar-refractivity contribution >= 4 is 33.0 Å². The normalized spacial score (nSPS) is 19.1. The Bertz CT molecular complexity index is 1300. The molecule has 198 valence electrons. The zero-order valence-corrected chi connectivity index (χ0v) is 22.7. The van der Waals surface area contributed by atoms with Crippen molar-refractivity contribution in [2.75, 3.05) is 31.5 Å². The Kier molecular flexibility index (Phi) is 8.48. The van der Waals surface area contributed by atoms with E-state index in [0.717, 1.165) is 16.9 Å². The van der Waals surface area contributed by atoms with E-state index in [0.29, 0.717) is 25.4 Å². The fraction of sp³-hybridized carbons (Fsp3) is 0.385. The van der Waals surface area contributed by atoms with Gasteiger partial charge < -0.3 is 14.7 Å². The van der Waals surface area contributed by atoms with Crippen LogP contribution in [0.15, 0.2) is 64.4 Å². The van der Waals surface area contributed by atoms with Crippen molar-refractivity contribution in [2.24, 2.45) is 5.92 Å². The maximum atomic E-state index is 13.6. The van der Waals surface area contributed by atoms with Crippen LogP contribution in [0.3, 0.4) is 0 Å². The summed E-state index contributed by atoms with van der Waals surface area (Å²) in [4.78, 5) is 21.5.